The maximum absolute atomic E-state index is 11.1. The van der Waals surface area contributed by atoms with Crippen molar-refractivity contribution in [1.82, 2.24) is 3.96 Å². The molecule has 0 unspecified atom stereocenters. The minimum absolute atomic E-state index is 0. The fourth-order valence-corrected chi connectivity index (χ4v) is 1.87. The Bertz CT molecular complexity index is 269. The average molecular weight is 222 g/mol. The molecule has 0 aliphatic rings. The van der Waals surface area contributed by atoms with Crippen LogP contribution in [0.2, 0.25) is 0 Å². The van der Waals surface area contributed by atoms with Crippen molar-refractivity contribution in [3.05, 3.63) is 21.8 Å². The van der Waals surface area contributed by atoms with Crippen LogP contribution in [0, 0.1) is 0 Å². The van der Waals surface area contributed by atoms with E-state index in [1.54, 1.807) is 6.07 Å². The zero-order valence-corrected chi connectivity index (χ0v) is 9.50. The fraction of sp³-hybridized carbons (Fsp3) is 0.667. The highest BCUT2D eigenvalue weighted by Crippen LogP contribution is 2.02. The molecule has 0 aliphatic heterocycles. The van der Waals surface area contributed by atoms with E-state index in [2.05, 4.69) is 6.92 Å². The fourth-order valence-electron chi connectivity index (χ4n) is 1.14. The summed E-state index contributed by atoms with van der Waals surface area (Å²) in [5.74, 6) is 0. The molecule has 4 heteroatoms. The summed E-state index contributed by atoms with van der Waals surface area (Å²) in [6.07, 6.45) is 4.90. The van der Waals surface area contributed by atoms with E-state index in [1.165, 1.54) is 30.8 Å². The molecule has 1 aromatic rings. The number of halogens is 1. The lowest BCUT2D eigenvalue weighted by Crippen LogP contribution is -2.11. The molecule has 0 aromatic carbocycles. The van der Waals surface area contributed by atoms with Gasteiger partial charge in [0.25, 0.3) is 5.56 Å². The van der Waals surface area contributed by atoms with Crippen LogP contribution in [-0.2, 0) is 6.54 Å². The van der Waals surface area contributed by atoms with Crippen LogP contribution >= 0.6 is 23.9 Å². The zero-order chi connectivity index (χ0) is 8.81. The second-order valence-corrected chi connectivity index (χ2v) is 3.83. The van der Waals surface area contributed by atoms with Crippen molar-refractivity contribution < 1.29 is 0 Å². The summed E-state index contributed by atoms with van der Waals surface area (Å²) in [5.41, 5.74) is 0.150. The van der Waals surface area contributed by atoms with Crippen LogP contribution in [0.15, 0.2) is 16.2 Å². The van der Waals surface area contributed by atoms with Gasteiger partial charge in [0.05, 0.1) is 0 Å². The molecule has 13 heavy (non-hydrogen) atoms. The van der Waals surface area contributed by atoms with Crippen LogP contribution in [0.5, 0.6) is 0 Å². The van der Waals surface area contributed by atoms with Gasteiger partial charge < -0.3 is 0 Å². The number of hydrogen-bond donors (Lipinski definition) is 0. The number of hydrogen-bond acceptors (Lipinski definition) is 2. The lowest BCUT2D eigenvalue weighted by atomic mass is 10.2. The van der Waals surface area contributed by atoms with Gasteiger partial charge in [-0.2, -0.15) is 0 Å². The summed E-state index contributed by atoms with van der Waals surface area (Å²) >= 11 is 1.51. The highest BCUT2D eigenvalue weighted by Gasteiger charge is 1.95. The molecule has 0 radical (unpaired) electrons. The molecule has 0 aliphatic carbocycles. The van der Waals surface area contributed by atoms with Gasteiger partial charge >= 0.3 is 0 Å². The van der Waals surface area contributed by atoms with E-state index in [9.17, 15) is 4.79 Å². The van der Waals surface area contributed by atoms with Crippen LogP contribution in [0.25, 0.3) is 0 Å². The third kappa shape index (κ3) is 4.48. The van der Waals surface area contributed by atoms with E-state index >= 15 is 0 Å². The van der Waals surface area contributed by atoms with E-state index < -0.39 is 0 Å². The smallest absolute Gasteiger partial charge is 0.260 e. The molecule has 76 valence electrons. The van der Waals surface area contributed by atoms with Crippen molar-refractivity contribution in [2.75, 3.05) is 0 Å². The molecular weight excluding hydrogens is 206 g/mol. The van der Waals surface area contributed by atoms with Gasteiger partial charge in [-0.1, -0.05) is 37.7 Å². The maximum Gasteiger partial charge on any atom is 0.260 e. The van der Waals surface area contributed by atoms with Crippen LogP contribution in [0.3, 0.4) is 0 Å². The van der Waals surface area contributed by atoms with E-state index in [1.807, 2.05) is 9.34 Å². The SMILES string of the molecule is CCCCCCn1sccc1=O.Cl. The summed E-state index contributed by atoms with van der Waals surface area (Å²) in [5, 5.41) is 1.85. The Labute approximate surface area is 89.1 Å². The van der Waals surface area contributed by atoms with Crippen molar-refractivity contribution in [2.45, 2.75) is 39.2 Å². The summed E-state index contributed by atoms with van der Waals surface area (Å²) in [4.78, 5) is 11.1. The Morgan fingerprint density at radius 2 is 2.15 bits per heavy atom. The van der Waals surface area contributed by atoms with Crippen molar-refractivity contribution >= 4 is 23.9 Å². The van der Waals surface area contributed by atoms with Gasteiger partial charge in [-0.05, 0) is 6.42 Å². The van der Waals surface area contributed by atoms with Gasteiger partial charge in [0, 0.05) is 18.0 Å². The Morgan fingerprint density at radius 1 is 1.38 bits per heavy atom. The second-order valence-electron chi connectivity index (χ2n) is 2.91. The molecule has 0 bridgehead atoms. The molecule has 0 amide bonds. The summed E-state index contributed by atoms with van der Waals surface area (Å²) in [7, 11) is 0. The minimum atomic E-state index is 0. The second kappa shape index (κ2) is 7.15. The molecule has 0 N–H and O–H groups in total. The van der Waals surface area contributed by atoms with Crippen molar-refractivity contribution in [1.29, 1.82) is 0 Å². The average Bonchev–Trinajstić information content (AvgIpc) is 2.46. The highest BCUT2D eigenvalue weighted by molar-refractivity contribution is 7.04. The quantitative estimate of drug-likeness (QED) is 0.701. The molecule has 0 saturated heterocycles. The summed E-state index contributed by atoms with van der Waals surface area (Å²) in [6, 6.07) is 1.63. The number of rotatable bonds is 5. The van der Waals surface area contributed by atoms with Gasteiger partial charge in [0.1, 0.15) is 0 Å². The first-order valence-corrected chi connectivity index (χ1v) is 5.33. The maximum atomic E-state index is 11.1. The van der Waals surface area contributed by atoms with Crippen molar-refractivity contribution in [3.63, 3.8) is 0 Å². The molecule has 1 aromatic heterocycles. The first-order valence-electron chi connectivity index (χ1n) is 4.49. The minimum Gasteiger partial charge on any atom is -0.268 e. The summed E-state index contributed by atoms with van der Waals surface area (Å²) < 4.78 is 1.82. The van der Waals surface area contributed by atoms with Gasteiger partial charge in [0.15, 0.2) is 0 Å². The number of unbranched alkanes of at least 4 members (excludes halogenated alkanes) is 3. The first kappa shape index (κ1) is 12.7. The molecule has 0 atom stereocenters. The zero-order valence-electron chi connectivity index (χ0n) is 7.86. The standard InChI is InChI=1S/C9H15NOS.ClH/c1-2-3-4-5-7-10-9(11)6-8-12-10;/h6,8H,2-5,7H2,1H3;1H. The van der Waals surface area contributed by atoms with Crippen LogP contribution in [0.4, 0.5) is 0 Å². The van der Waals surface area contributed by atoms with Gasteiger partial charge in [-0.25, -0.2) is 0 Å². The van der Waals surface area contributed by atoms with E-state index in [0.29, 0.717) is 0 Å². The largest absolute Gasteiger partial charge is 0.268 e. The molecule has 0 spiro atoms. The third-order valence-corrected chi connectivity index (χ3v) is 2.73. The Hall–Kier alpha value is -0.280. The van der Waals surface area contributed by atoms with Crippen LogP contribution in [-0.4, -0.2) is 3.96 Å². The molecule has 1 rings (SSSR count). The summed E-state index contributed by atoms with van der Waals surface area (Å²) in [6.45, 7) is 3.09. The van der Waals surface area contributed by atoms with Crippen LogP contribution in [0.1, 0.15) is 32.6 Å². The Kier molecular flexibility index (Phi) is 7.00. The topological polar surface area (TPSA) is 22.0 Å². The number of aromatic nitrogens is 1. The van der Waals surface area contributed by atoms with Crippen LogP contribution < -0.4 is 5.56 Å². The van der Waals surface area contributed by atoms with E-state index in [4.69, 9.17) is 0 Å². The third-order valence-electron chi connectivity index (χ3n) is 1.86. The highest BCUT2D eigenvalue weighted by atomic mass is 35.5. The Balaban J connectivity index is 0.00000144. The molecule has 1 heterocycles. The van der Waals surface area contributed by atoms with Crippen molar-refractivity contribution in [2.24, 2.45) is 0 Å². The predicted octanol–water partition coefficient (Wildman–Crippen LogP) is 2.91. The monoisotopic (exact) mass is 221 g/mol. The van der Waals surface area contributed by atoms with E-state index in [-0.39, 0.29) is 18.0 Å². The number of aryl methyl sites for hydroxylation is 1. The lowest BCUT2D eigenvalue weighted by Gasteiger charge is -1.98. The molecule has 0 fully saturated rings. The van der Waals surface area contributed by atoms with Crippen molar-refractivity contribution in [3.8, 4) is 0 Å². The molecular formula is C9H16ClNOS. The molecule has 2 nitrogen and oxygen atoms in total. The molecule has 0 saturated carbocycles. The van der Waals surface area contributed by atoms with Gasteiger partial charge in [0.2, 0.25) is 0 Å². The normalized spacial score (nSPS) is 9.62. The van der Waals surface area contributed by atoms with E-state index in [0.717, 1.165) is 13.0 Å². The predicted molar refractivity (Wildman–Crippen MR) is 60.0 cm³/mol. The lowest BCUT2D eigenvalue weighted by molar-refractivity contribution is 0.599. The first-order chi connectivity index (χ1) is 5.84. The Morgan fingerprint density at radius 3 is 2.69 bits per heavy atom. The van der Waals surface area contributed by atoms with Gasteiger partial charge in [-0.15, -0.1) is 12.4 Å². The van der Waals surface area contributed by atoms with Gasteiger partial charge in [-0.3, -0.25) is 8.75 Å². The number of nitrogens with zero attached hydrogens (tertiary/aromatic N) is 1.